The van der Waals surface area contributed by atoms with Crippen molar-refractivity contribution in [3.8, 4) is 0 Å². The highest BCUT2D eigenvalue weighted by molar-refractivity contribution is 5.70. The largest absolute Gasteiger partial charge is 0.444 e. The molecule has 0 bridgehead atoms. The van der Waals surface area contributed by atoms with Gasteiger partial charge in [0.25, 0.3) is 0 Å². The number of nitrogens with two attached hydrogens (primary N) is 1. The van der Waals surface area contributed by atoms with Crippen molar-refractivity contribution < 1.29 is 14.6 Å². The molecule has 5 heteroatoms. The van der Waals surface area contributed by atoms with Gasteiger partial charge in [-0.05, 0) is 33.1 Å². The first-order valence-corrected chi connectivity index (χ1v) is 5.67. The van der Waals surface area contributed by atoms with Crippen LogP contribution in [-0.4, -0.2) is 46.4 Å². The summed E-state index contributed by atoms with van der Waals surface area (Å²) in [5.41, 5.74) is 5.21. The molecule has 0 aromatic carbocycles. The van der Waals surface area contributed by atoms with E-state index >= 15 is 0 Å². The molecular formula is C11H20N2O3. The van der Waals surface area contributed by atoms with Crippen LogP contribution in [0, 0.1) is 5.92 Å². The number of carbonyl (C=O) groups is 1. The predicted octanol–water partition coefficient (Wildman–Crippen LogP) is 0.315. The number of hydrogen-bond acceptors (Lipinski definition) is 4. The molecule has 3 N–H and O–H groups in total. The van der Waals surface area contributed by atoms with Crippen LogP contribution >= 0.6 is 0 Å². The van der Waals surface area contributed by atoms with Gasteiger partial charge < -0.3 is 20.5 Å². The number of aliphatic hydroxyl groups excluding tert-OH is 1. The van der Waals surface area contributed by atoms with Gasteiger partial charge >= 0.3 is 6.09 Å². The second-order valence-electron chi connectivity index (χ2n) is 5.84. The monoisotopic (exact) mass is 228 g/mol. The second-order valence-corrected chi connectivity index (χ2v) is 5.84. The molecule has 0 aromatic rings. The fourth-order valence-electron chi connectivity index (χ4n) is 2.46. The van der Waals surface area contributed by atoms with E-state index in [4.69, 9.17) is 10.5 Å². The van der Waals surface area contributed by atoms with E-state index in [1.807, 2.05) is 20.8 Å². The van der Waals surface area contributed by atoms with Crippen molar-refractivity contribution in [3.05, 3.63) is 0 Å². The maximum absolute atomic E-state index is 11.9. The van der Waals surface area contributed by atoms with E-state index in [0.29, 0.717) is 12.5 Å². The van der Waals surface area contributed by atoms with Crippen LogP contribution in [0.1, 0.15) is 27.2 Å². The smallest absolute Gasteiger partial charge is 0.410 e. The van der Waals surface area contributed by atoms with Crippen molar-refractivity contribution in [2.24, 2.45) is 11.7 Å². The number of piperidine rings is 1. The Labute approximate surface area is 95.5 Å². The van der Waals surface area contributed by atoms with Crippen molar-refractivity contribution in [2.45, 2.75) is 44.4 Å². The summed E-state index contributed by atoms with van der Waals surface area (Å²) in [4.78, 5) is 13.4. The topological polar surface area (TPSA) is 75.8 Å². The molecule has 1 saturated heterocycles. The first-order chi connectivity index (χ1) is 7.28. The Kier molecular flexibility index (Phi) is 2.44. The molecule has 0 radical (unpaired) electrons. The van der Waals surface area contributed by atoms with Gasteiger partial charge in [0.2, 0.25) is 0 Å². The second kappa shape index (κ2) is 3.34. The van der Waals surface area contributed by atoms with E-state index in [-0.39, 0.29) is 24.3 Å². The molecular weight excluding hydrogens is 208 g/mol. The molecule has 2 aliphatic rings. The van der Waals surface area contributed by atoms with Crippen molar-refractivity contribution in [2.75, 3.05) is 13.2 Å². The number of fused-ring (bicyclic) bond motifs is 1. The minimum atomic E-state index is -0.508. The molecule has 5 nitrogen and oxygen atoms in total. The predicted molar refractivity (Wildman–Crippen MR) is 58.8 cm³/mol. The van der Waals surface area contributed by atoms with Gasteiger partial charge in [0, 0.05) is 12.1 Å². The number of amides is 1. The van der Waals surface area contributed by atoms with Crippen LogP contribution in [0.5, 0.6) is 0 Å². The van der Waals surface area contributed by atoms with Crippen molar-refractivity contribution in [3.63, 3.8) is 0 Å². The Morgan fingerprint density at radius 2 is 2.25 bits per heavy atom. The molecule has 1 saturated carbocycles. The number of carbonyl (C=O) groups excluding carboxylic acids is 1. The Morgan fingerprint density at radius 1 is 1.62 bits per heavy atom. The summed E-state index contributed by atoms with van der Waals surface area (Å²) in [7, 11) is 0. The van der Waals surface area contributed by atoms with Crippen LogP contribution in [0.15, 0.2) is 0 Å². The van der Waals surface area contributed by atoms with E-state index in [2.05, 4.69) is 0 Å². The van der Waals surface area contributed by atoms with Gasteiger partial charge in [-0.1, -0.05) is 0 Å². The van der Waals surface area contributed by atoms with Crippen LogP contribution in [0.3, 0.4) is 0 Å². The van der Waals surface area contributed by atoms with Gasteiger partial charge in [-0.3, -0.25) is 0 Å². The molecule has 92 valence electrons. The first-order valence-electron chi connectivity index (χ1n) is 5.67. The minimum Gasteiger partial charge on any atom is -0.444 e. The van der Waals surface area contributed by atoms with Crippen molar-refractivity contribution >= 4 is 6.09 Å². The highest BCUT2D eigenvalue weighted by Gasteiger charge is 2.65. The number of rotatable bonds is 1. The third-order valence-corrected chi connectivity index (χ3v) is 3.41. The molecule has 1 amide bonds. The zero-order valence-electron chi connectivity index (χ0n) is 10.1. The number of hydrogen-bond donors (Lipinski definition) is 2. The first kappa shape index (κ1) is 11.7. The quantitative estimate of drug-likeness (QED) is 0.677. The summed E-state index contributed by atoms with van der Waals surface area (Å²) in [5, 5.41) is 9.32. The van der Waals surface area contributed by atoms with Gasteiger partial charge in [-0.25, -0.2) is 4.79 Å². The highest BCUT2D eigenvalue weighted by atomic mass is 16.6. The van der Waals surface area contributed by atoms with Gasteiger partial charge in [-0.2, -0.15) is 0 Å². The van der Waals surface area contributed by atoms with Gasteiger partial charge in [-0.15, -0.1) is 0 Å². The molecule has 0 unspecified atom stereocenters. The Hall–Kier alpha value is -0.810. The van der Waals surface area contributed by atoms with Crippen molar-refractivity contribution in [1.29, 1.82) is 0 Å². The molecule has 16 heavy (non-hydrogen) atoms. The van der Waals surface area contributed by atoms with Gasteiger partial charge in [0.1, 0.15) is 5.60 Å². The van der Waals surface area contributed by atoms with Crippen LogP contribution in [-0.2, 0) is 4.74 Å². The molecule has 1 aliphatic carbocycles. The third-order valence-electron chi connectivity index (χ3n) is 3.41. The lowest BCUT2D eigenvalue weighted by atomic mass is 10.1. The fraction of sp³-hybridized carbons (Fsp3) is 0.909. The Bertz CT molecular complexity index is 313. The molecule has 0 spiro atoms. The van der Waals surface area contributed by atoms with Gasteiger partial charge in [0.05, 0.1) is 12.6 Å². The Balaban J connectivity index is 2.03. The van der Waals surface area contributed by atoms with Crippen LogP contribution in [0.2, 0.25) is 0 Å². The summed E-state index contributed by atoms with van der Waals surface area (Å²) in [6, 6.07) is -0.285. The van der Waals surface area contributed by atoms with Crippen LogP contribution < -0.4 is 5.73 Å². The van der Waals surface area contributed by atoms with E-state index in [9.17, 15) is 9.90 Å². The summed E-state index contributed by atoms with van der Waals surface area (Å²) in [5.74, 6) is 0.331. The zero-order valence-corrected chi connectivity index (χ0v) is 10.1. The summed E-state index contributed by atoms with van der Waals surface area (Å²) in [6.45, 7) is 6.00. The fourth-order valence-corrected chi connectivity index (χ4v) is 2.46. The summed E-state index contributed by atoms with van der Waals surface area (Å²) in [6.07, 6.45) is 0.529. The molecule has 1 aliphatic heterocycles. The van der Waals surface area contributed by atoms with Gasteiger partial charge in [0.15, 0.2) is 0 Å². The van der Waals surface area contributed by atoms with Crippen LogP contribution in [0.25, 0.3) is 0 Å². The Morgan fingerprint density at radius 3 is 2.75 bits per heavy atom. The standard InChI is InChI=1S/C11H20N2O3/c1-10(2,3)16-9(15)13-5-7-4-11(7,12)8(13)6-14/h7-8,14H,4-6,12H2,1-3H3/t7-,8-,11+/m0/s1. The lowest BCUT2D eigenvalue weighted by molar-refractivity contribution is 0.0122. The number of aliphatic hydroxyl groups is 1. The molecule has 2 rings (SSSR count). The number of ether oxygens (including phenoxy) is 1. The SMILES string of the molecule is CC(C)(C)OC(=O)N1C[C@@H]2C[C@]2(N)[C@@H]1CO. The van der Waals surface area contributed by atoms with E-state index in [0.717, 1.165) is 6.42 Å². The molecule has 2 fully saturated rings. The van der Waals surface area contributed by atoms with E-state index in [1.165, 1.54) is 0 Å². The maximum Gasteiger partial charge on any atom is 0.410 e. The summed E-state index contributed by atoms with van der Waals surface area (Å²) < 4.78 is 5.29. The molecule has 0 aromatic heterocycles. The normalized spacial score (nSPS) is 37.2. The average molecular weight is 228 g/mol. The zero-order chi connectivity index (χ0) is 12.1. The molecule has 3 atom stereocenters. The third kappa shape index (κ3) is 1.78. The number of nitrogens with zero attached hydrogens (tertiary/aromatic N) is 1. The van der Waals surface area contributed by atoms with Crippen molar-refractivity contribution in [1.82, 2.24) is 4.90 Å². The van der Waals surface area contributed by atoms with E-state index < -0.39 is 5.60 Å². The lowest BCUT2D eigenvalue weighted by Crippen LogP contribution is -2.50. The summed E-state index contributed by atoms with van der Waals surface area (Å²) >= 11 is 0. The van der Waals surface area contributed by atoms with Crippen LogP contribution in [0.4, 0.5) is 4.79 Å². The highest BCUT2D eigenvalue weighted by Crippen LogP contribution is 2.51. The minimum absolute atomic E-state index is 0.0910. The van der Waals surface area contributed by atoms with E-state index in [1.54, 1.807) is 4.90 Å². The molecule has 1 heterocycles. The lowest BCUT2D eigenvalue weighted by Gasteiger charge is -2.31. The average Bonchev–Trinajstić information content (AvgIpc) is 2.66. The maximum atomic E-state index is 11.9. The number of likely N-dealkylation sites (tertiary alicyclic amines) is 1.